The molecule has 2 aromatic carbocycles. The van der Waals surface area contributed by atoms with Gasteiger partial charge in [0.05, 0.1) is 12.2 Å². The molecule has 3 aromatic rings. The number of rotatable bonds is 8. The maximum atomic E-state index is 13.0. The van der Waals surface area contributed by atoms with Gasteiger partial charge in [0, 0.05) is 12.6 Å². The molecule has 3 rings (SSSR count). The van der Waals surface area contributed by atoms with Gasteiger partial charge in [-0.25, -0.2) is 0 Å². The van der Waals surface area contributed by atoms with Crippen LogP contribution in [0.5, 0.6) is 0 Å². The maximum absolute atomic E-state index is 13.0. The number of benzene rings is 2. The van der Waals surface area contributed by atoms with E-state index < -0.39 is 23.6 Å². The molecule has 0 saturated carbocycles. The van der Waals surface area contributed by atoms with E-state index in [0.717, 1.165) is 11.1 Å². The van der Waals surface area contributed by atoms with Crippen molar-refractivity contribution in [3.8, 4) is 11.1 Å². The Morgan fingerprint density at radius 2 is 1.66 bits per heavy atom. The zero-order chi connectivity index (χ0) is 20.8. The summed E-state index contributed by atoms with van der Waals surface area (Å²) in [7, 11) is 1.65. The van der Waals surface area contributed by atoms with Crippen molar-refractivity contribution in [2.24, 2.45) is 12.8 Å². The van der Waals surface area contributed by atoms with E-state index in [4.69, 9.17) is 5.73 Å². The Morgan fingerprint density at radius 1 is 1.03 bits per heavy atom. The molecule has 0 saturated heterocycles. The summed E-state index contributed by atoms with van der Waals surface area (Å²) in [5, 5.41) is 6.85. The van der Waals surface area contributed by atoms with Gasteiger partial charge in [-0.1, -0.05) is 60.7 Å². The van der Waals surface area contributed by atoms with Crippen molar-refractivity contribution >= 4 is 17.6 Å². The van der Waals surface area contributed by atoms with Crippen LogP contribution in [-0.4, -0.2) is 33.4 Å². The third-order valence-corrected chi connectivity index (χ3v) is 4.67. The molecule has 0 unspecified atom stereocenters. The van der Waals surface area contributed by atoms with Crippen molar-refractivity contribution in [1.82, 2.24) is 15.1 Å². The third kappa shape index (κ3) is 4.76. The van der Waals surface area contributed by atoms with Gasteiger partial charge in [-0.05, 0) is 24.0 Å². The third-order valence-electron chi connectivity index (χ3n) is 4.67. The van der Waals surface area contributed by atoms with Crippen LogP contribution in [0.3, 0.4) is 0 Å². The summed E-state index contributed by atoms with van der Waals surface area (Å²) in [6.45, 7) is 0. The van der Waals surface area contributed by atoms with Gasteiger partial charge in [-0.2, -0.15) is 5.10 Å². The molecule has 7 nitrogen and oxygen atoms in total. The first-order valence-corrected chi connectivity index (χ1v) is 9.23. The monoisotopic (exact) mass is 390 g/mol. The molecular weight excluding hydrogens is 368 g/mol. The van der Waals surface area contributed by atoms with Crippen molar-refractivity contribution < 1.29 is 14.4 Å². The smallest absolute Gasteiger partial charge is 0.287 e. The molecule has 0 spiro atoms. The number of primary amides is 1. The van der Waals surface area contributed by atoms with Crippen molar-refractivity contribution in [1.29, 1.82) is 0 Å². The summed E-state index contributed by atoms with van der Waals surface area (Å²) in [6.07, 6.45) is 2.37. The Bertz CT molecular complexity index is 1010. The molecule has 0 radical (unpaired) electrons. The Labute approximate surface area is 168 Å². The Hall–Kier alpha value is -3.74. The van der Waals surface area contributed by atoms with Crippen molar-refractivity contribution in [2.45, 2.75) is 18.9 Å². The zero-order valence-corrected chi connectivity index (χ0v) is 16.0. The van der Waals surface area contributed by atoms with E-state index in [1.54, 1.807) is 13.2 Å². The minimum atomic E-state index is -1.07. The van der Waals surface area contributed by atoms with E-state index in [-0.39, 0.29) is 6.42 Å². The molecule has 0 fully saturated rings. The normalized spacial score (nSPS) is 11.6. The lowest BCUT2D eigenvalue weighted by Crippen LogP contribution is -2.46. The molecule has 148 valence electrons. The molecule has 0 bridgehead atoms. The Balaban J connectivity index is 1.82. The summed E-state index contributed by atoms with van der Waals surface area (Å²) in [4.78, 5) is 36.8. The second-order valence-electron chi connectivity index (χ2n) is 6.68. The zero-order valence-electron chi connectivity index (χ0n) is 16.0. The largest absolute Gasteiger partial charge is 0.363 e. The van der Waals surface area contributed by atoms with Crippen molar-refractivity contribution in [3.05, 3.63) is 78.1 Å². The summed E-state index contributed by atoms with van der Waals surface area (Å²) in [5.41, 5.74) is 7.96. The van der Waals surface area contributed by atoms with Gasteiger partial charge < -0.3 is 11.1 Å². The van der Waals surface area contributed by atoms with Gasteiger partial charge in [-0.15, -0.1) is 0 Å². The number of ketones is 1. The van der Waals surface area contributed by atoms with Crippen LogP contribution >= 0.6 is 0 Å². The minimum Gasteiger partial charge on any atom is -0.363 e. The van der Waals surface area contributed by atoms with Crippen LogP contribution < -0.4 is 11.1 Å². The van der Waals surface area contributed by atoms with E-state index in [0.29, 0.717) is 17.7 Å². The highest BCUT2D eigenvalue weighted by molar-refractivity contribution is 6.38. The van der Waals surface area contributed by atoms with Gasteiger partial charge in [-0.3, -0.25) is 19.1 Å². The number of hydrogen-bond acceptors (Lipinski definition) is 4. The number of carbonyl (C=O) groups excluding carboxylic acids is 3. The predicted octanol–water partition coefficient (Wildman–Crippen LogP) is 1.87. The molecule has 0 aliphatic carbocycles. The number of nitrogens with two attached hydrogens (primary N) is 1. The summed E-state index contributed by atoms with van der Waals surface area (Å²) in [6, 6.07) is 17.8. The highest BCUT2D eigenvalue weighted by Gasteiger charge is 2.27. The van der Waals surface area contributed by atoms with E-state index in [9.17, 15) is 14.4 Å². The molecular formula is C22H22N4O3. The lowest BCUT2D eigenvalue weighted by Gasteiger charge is -2.17. The molecule has 1 heterocycles. The SMILES string of the molecule is Cn1ncc(-c2ccccc2)c1C(=O)N[C@@H](CCc1ccccc1)C(=O)C(N)=O. The fraction of sp³-hybridized carbons (Fsp3) is 0.182. The van der Waals surface area contributed by atoms with E-state index in [2.05, 4.69) is 10.4 Å². The van der Waals surface area contributed by atoms with Crippen LogP contribution in [-0.2, 0) is 23.1 Å². The maximum Gasteiger partial charge on any atom is 0.287 e. The van der Waals surface area contributed by atoms with Gasteiger partial charge >= 0.3 is 0 Å². The fourth-order valence-electron chi connectivity index (χ4n) is 3.16. The summed E-state index contributed by atoms with van der Waals surface area (Å²) >= 11 is 0. The van der Waals surface area contributed by atoms with E-state index in [1.165, 1.54) is 4.68 Å². The molecule has 1 aromatic heterocycles. The number of carbonyl (C=O) groups is 3. The number of hydrogen-bond donors (Lipinski definition) is 2. The minimum absolute atomic E-state index is 0.260. The number of aryl methyl sites for hydroxylation is 2. The van der Waals surface area contributed by atoms with Crippen molar-refractivity contribution in [2.75, 3.05) is 0 Å². The highest BCUT2D eigenvalue weighted by atomic mass is 16.2. The van der Waals surface area contributed by atoms with Crippen LogP contribution in [0.4, 0.5) is 0 Å². The predicted molar refractivity (Wildman–Crippen MR) is 109 cm³/mol. The standard InChI is InChI=1S/C22H22N4O3/c1-26-19(17(14-24-26)16-10-6-3-7-11-16)22(29)25-18(20(27)21(23)28)13-12-15-8-4-2-5-9-15/h2-11,14,18H,12-13H2,1H3,(H2,23,28)(H,25,29)/t18-/m0/s1. The first kappa shape index (κ1) is 20.0. The molecule has 1 atom stereocenters. The van der Waals surface area contributed by atoms with E-state index in [1.807, 2.05) is 60.7 Å². The van der Waals surface area contributed by atoms with Crippen molar-refractivity contribution in [3.63, 3.8) is 0 Å². The van der Waals surface area contributed by atoms with Crippen LogP contribution in [0.25, 0.3) is 11.1 Å². The summed E-state index contributed by atoms with van der Waals surface area (Å²) < 4.78 is 1.45. The lowest BCUT2D eigenvalue weighted by molar-refractivity contribution is -0.137. The average Bonchev–Trinajstić information content (AvgIpc) is 3.13. The number of Topliss-reactive ketones (excluding diaryl/α,β-unsaturated/α-hetero) is 1. The van der Waals surface area contributed by atoms with E-state index >= 15 is 0 Å². The average molecular weight is 390 g/mol. The highest BCUT2D eigenvalue weighted by Crippen LogP contribution is 2.23. The summed E-state index contributed by atoms with van der Waals surface area (Å²) in [5.74, 6) is -2.38. The first-order valence-electron chi connectivity index (χ1n) is 9.23. The molecule has 0 aliphatic rings. The Kier molecular flexibility index (Phi) is 6.19. The van der Waals surface area contributed by atoms with Gasteiger partial charge in [0.25, 0.3) is 11.8 Å². The molecule has 29 heavy (non-hydrogen) atoms. The van der Waals surface area contributed by atoms with Crippen LogP contribution in [0, 0.1) is 0 Å². The first-order chi connectivity index (χ1) is 14.0. The fourth-order valence-corrected chi connectivity index (χ4v) is 3.16. The number of aromatic nitrogens is 2. The lowest BCUT2D eigenvalue weighted by atomic mass is 10.0. The number of nitrogens with zero attached hydrogens (tertiary/aromatic N) is 2. The van der Waals surface area contributed by atoms with Gasteiger partial charge in [0.2, 0.25) is 5.78 Å². The quantitative estimate of drug-likeness (QED) is 0.573. The molecule has 3 N–H and O–H groups in total. The molecule has 0 aliphatic heterocycles. The van der Waals surface area contributed by atoms with Gasteiger partial charge in [0.15, 0.2) is 0 Å². The number of amides is 2. The molecule has 7 heteroatoms. The number of nitrogens with one attached hydrogen (secondary N) is 1. The van der Waals surface area contributed by atoms with Gasteiger partial charge in [0.1, 0.15) is 5.69 Å². The van der Waals surface area contributed by atoms with Crippen LogP contribution in [0.2, 0.25) is 0 Å². The topological polar surface area (TPSA) is 107 Å². The second-order valence-corrected chi connectivity index (χ2v) is 6.68. The molecule has 2 amide bonds. The second kappa shape index (κ2) is 8.97. The Morgan fingerprint density at radius 3 is 2.28 bits per heavy atom. The van der Waals surface area contributed by atoms with Crippen LogP contribution in [0.1, 0.15) is 22.5 Å². The van der Waals surface area contributed by atoms with Crippen LogP contribution in [0.15, 0.2) is 66.9 Å².